The molecule has 3 rings (SSSR count). The summed E-state index contributed by atoms with van der Waals surface area (Å²) in [6, 6.07) is 2.49. The summed E-state index contributed by atoms with van der Waals surface area (Å²) >= 11 is 0. The van der Waals surface area contributed by atoms with Crippen LogP contribution in [0.2, 0.25) is 0 Å². The second-order valence-corrected chi connectivity index (χ2v) is 7.62. The minimum absolute atomic E-state index is 0.00917. The van der Waals surface area contributed by atoms with Crippen molar-refractivity contribution in [1.29, 1.82) is 0 Å². The number of hydrogen-bond donors (Lipinski definition) is 1. The number of amides is 2. The Labute approximate surface area is 138 Å². The molecule has 2 aliphatic rings. The molecule has 0 saturated carbocycles. The van der Waals surface area contributed by atoms with E-state index in [4.69, 9.17) is 0 Å². The molecule has 0 aromatic carbocycles. The normalized spacial score (nSPS) is 19.4. The molecule has 0 atom stereocenters. The number of urea groups is 1. The molecule has 2 saturated heterocycles. The fourth-order valence-corrected chi connectivity index (χ4v) is 3.07. The van der Waals surface area contributed by atoms with Crippen molar-refractivity contribution >= 4 is 11.8 Å². The van der Waals surface area contributed by atoms with Gasteiger partial charge in [0.05, 0.1) is 11.7 Å². The minimum Gasteiger partial charge on any atom is -0.364 e. The number of aromatic nitrogens is 2. The first kappa shape index (κ1) is 16.0. The molecule has 0 aliphatic carbocycles. The number of piperidine rings is 1. The number of carbonyl (C=O) groups is 1. The van der Waals surface area contributed by atoms with Crippen molar-refractivity contribution < 1.29 is 4.79 Å². The molecule has 126 valence electrons. The van der Waals surface area contributed by atoms with Gasteiger partial charge in [0.1, 0.15) is 12.1 Å². The molecule has 0 radical (unpaired) electrons. The van der Waals surface area contributed by atoms with Gasteiger partial charge in [0, 0.05) is 37.7 Å². The fourth-order valence-electron chi connectivity index (χ4n) is 3.07. The maximum atomic E-state index is 12.4. The monoisotopic (exact) mass is 317 g/mol. The molecular formula is C17H27N5O. The Morgan fingerprint density at radius 3 is 2.48 bits per heavy atom. The van der Waals surface area contributed by atoms with E-state index < -0.39 is 0 Å². The fraction of sp³-hybridized carbons (Fsp3) is 0.706. The summed E-state index contributed by atoms with van der Waals surface area (Å²) in [4.78, 5) is 24.9. The van der Waals surface area contributed by atoms with E-state index in [0.29, 0.717) is 0 Å². The SMILES string of the molecule is CC(C)(C)c1cc(NC2CN(C(=O)N3CCCCC3)C2)ncn1. The Morgan fingerprint density at radius 1 is 1.13 bits per heavy atom. The number of likely N-dealkylation sites (tertiary alicyclic amines) is 2. The third kappa shape index (κ3) is 3.74. The molecular weight excluding hydrogens is 290 g/mol. The van der Waals surface area contributed by atoms with Crippen LogP contribution in [0.4, 0.5) is 10.6 Å². The van der Waals surface area contributed by atoms with Crippen molar-refractivity contribution in [2.24, 2.45) is 0 Å². The summed E-state index contributed by atoms with van der Waals surface area (Å²) in [7, 11) is 0. The molecule has 0 spiro atoms. The largest absolute Gasteiger partial charge is 0.364 e. The Bertz CT molecular complexity index is 556. The first-order valence-electron chi connectivity index (χ1n) is 8.56. The van der Waals surface area contributed by atoms with Crippen LogP contribution in [0.15, 0.2) is 12.4 Å². The van der Waals surface area contributed by atoms with E-state index in [0.717, 1.165) is 50.5 Å². The molecule has 1 aromatic heterocycles. The van der Waals surface area contributed by atoms with Crippen LogP contribution >= 0.6 is 0 Å². The van der Waals surface area contributed by atoms with E-state index in [1.54, 1.807) is 6.33 Å². The Balaban J connectivity index is 1.51. The lowest BCUT2D eigenvalue weighted by atomic mass is 9.92. The number of hydrogen-bond acceptors (Lipinski definition) is 4. The summed E-state index contributed by atoms with van der Waals surface area (Å²) in [6.07, 6.45) is 5.13. The standard InChI is InChI=1S/C17H27N5O/c1-17(2,3)14-9-15(19-12-18-14)20-13-10-22(11-13)16(23)21-7-5-4-6-8-21/h9,12-13H,4-8,10-11H2,1-3H3,(H,18,19,20). The molecule has 6 heteroatoms. The summed E-state index contributed by atoms with van der Waals surface area (Å²) in [6.45, 7) is 9.75. The topological polar surface area (TPSA) is 61.4 Å². The highest BCUT2D eigenvalue weighted by Crippen LogP contribution is 2.23. The van der Waals surface area contributed by atoms with E-state index in [1.807, 2.05) is 15.9 Å². The number of rotatable bonds is 2. The third-order valence-corrected chi connectivity index (χ3v) is 4.57. The van der Waals surface area contributed by atoms with Gasteiger partial charge in [0.25, 0.3) is 0 Å². The highest BCUT2D eigenvalue weighted by Gasteiger charge is 2.34. The van der Waals surface area contributed by atoms with Crippen molar-refractivity contribution in [3.63, 3.8) is 0 Å². The van der Waals surface area contributed by atoms with Gasteiger partial charge in [-0.25, -0.2) is 14.8 Å². The van der Waals surface area contributed by atoms with Crippen LogP contribution in [-0.2, 0) is 5.41 Å². The van der Waals surface area contributed by atoms with Crippen molar-refractivity contribution in [3.05, 3.63) is 18.1 Å². The second kappa shape index (κ2) is 6.34. The molecule has 2 aliphatic heterocycles. The average molecular weight is 317 g/mol. The van der Waals surface area contributed by atoms with Crippen molar-refractivity contribution in [1.82, 2.24) is 19.8 Å². The Kier molecular flexibility index (Phi) is 4.41. The van der Waals surface area contributed by atoms with E-state index >= 15 is 0 Å². The van der Waals surface area contributed by atoms with Crippen LogP contribution in [0.1, 0.15) is 45.7 Å². The third-order valence-electron chi connectivity index (χ3n) is 4.57. The smallest absolute Gasteiger partial charge is 0.320 e. The van der Waals surface area contributed by atoms with Gasteiger partial charge in [-0.2, -0.15) is 0 Å². The van der Waals surface area contributed by atoms with Crippen LogP contribution in [0.3, 0.4) is 0 Å². The summed E-state index contributed by atoms with van der Waals surface area (Å²) in [5.41, 5.74) is 1.03. The molecule has 2 amide bonds. The first-order chi connectivity index (χ1) is 10.9. The maximum absolute atomic E-state index is 12.4. The van der Waals surface area contributed by atoms with E-state index in [-0.39, 0.29) is 17.5 Å². The highest BCUT2D eigenvalue weighted by molar-refractivity contribution is 5.75. The zero-order valence-electron chi connectivity index (χ0n) is 14.4. The van der Waals surface area contributed by atoms with Crippen molar-refractivity contribution in [2.45, 2.75) is 51.5 Å². The van der Waals surface area contributed by atoms with Gasteiger partial charge in [0.2, 0.25) is 0 Å². The van der Waals surface area contributed by atoms with Gasteiger partial charge in [-0.05, 0) is 19.3 Å². The van der Waals surface area contributed by atoms with Crippen molar-refractivity contribution in [3.8, 4) is 0 Å². The molecule has 1 aromatic rings. The van der Waals surface area contributed by atoms with E-state index in [2.05, 4.69) is 36.1 Å². The predicted molar refractivity (Wildman–Crippen MR) is 90.5 cm³/mol. The lowest BCUT2D eigenvalue weighted by Crippen LogP contribution is -2.60. The van der Waals surface area contributed by atoms with Gasteiger partial charge in [-0.1, -0.05) is 20.8 Å². The summed E-state index contributed by atoms with van der Waals surface area (Å²) in [5, 5.41) is 3.42. The summed E-state index contributed by atoms with van der Waals surface area (Å²) < 4.78 is 0. The molecule has 3 heterocycles. The van der Waals surface area contributed by atoms with Crippen LogP contribution in [0.25, 0.3) is 0 Å². The lowest BCUT2D eigenvalue weighted by molar-refractivity contribution is 0.112. The molecule has 0 unspecified atom stereocenters. The van der Waals surface area contributed by atoms with Gasteiger partial charge in [-0.3, -0.25) is 0 Å². The molecule has 2 fully saturated rings. The molecule has 0 bridgehead atoms. The molecule has 23 heavy (non-hydrogen) atoms. The first-order valence-corrected chi connectivity index (χ1v) is 8.56. The Morgan fingerprint density at radius 2 is 1.83 bits per heavy atom. The van der Waals surface area contributed by atoms with Crippen molar-refractivity contribution in [2.75, 3.05) is 31.5 Å². The minimum atomic E-state index is 0.00917. The lowest BCUT2D eigenvalue weighted by Gasteiger charge is -2.43. The van der Waals surface area contributed by atoms with Gasteiger partial charge in [-0.15, -0.1) is 0 Å². The van der Waals surface area contributed by atoms with Crippen LogP contribution in [-0.4, -0.2) is 58.0 Å². The second-order valence-electron chi connectivity index (χ2n) is 7.62. The number of anilines is 1. The zero-order chi connectivity index (χ0) is 16.4. The number of carbonyl (C=O) groups excluding carboxylic acids is 1. The van der Waals surface area contributed by atoms with E-state index in [1.165, 1.54) is 6.42 Å². The molecule has 1 N–H and O–H groups in total. The zero-order valence-corrected chi connectivity index (χ0v) is 14.4. The predicted octanol–water partition coefficient (Wildman–Crippen LogP) is 2.48. The van der Waals surface area contributed by atoms with Crippen LogP contribution < -0.4 is 5.32 Å². The van der Waals surface area contributed by atoms with E-state index in [9.17, 15) is 4.79 Å². The average Bonchev–Trinajstić information content (AvgIpc) is 2.50. The van der Waals surface area contributed by atoms with Gasteiger partial charge < -0.3 is 15.1 Å². The van der Waals surface area contributed by atoms with Crippen LogP contribution in [0.5, 0.6) is 0 Å². The highest BCUT2D eigenvalue weighted by atomic mass is 16.2. The van der Waals surface area contributed by atoms with Gasteiger partial charge >= 0.3 is 6.03 Å². The maximum Gasteiger partial charge on any atom is 0.320 e. The van der Waals surface area contributed by atoms with Gasteiger partial charge in [0.15, 0.2) is 0 Å². The number of nitrogens with zero attached hydrogens (tertiary/aromatic N) is 4. The number of nitrogens with one attached hydrogen (secondary N) is 1. The quantitative estimate of drug-likeness (QED) is 0.910. The summed E-state index contributed by atoms with van der Waals surface area (Å²) in [5.74, 6) is 0.847. The van der Waals surface area contributed by atoms with Crippen LogP contribution in [0, 0.1) is 0 Å². The Hall–Kier alpha value is -1.85. The molecule has 6 nitrogen and oxygen atoms in total.